The van der Waals surface area contributed by atoms with Crippen LogP contribution >= 0.6 is 11.8 Å². The third kappa shape index (κ3) is 4.82. The summed E-state index contributed by atoms with van der Waals surface area (Å²) in [5.74, 6) is 0.189. The maximum Gasteiger partial charge on any atom is 0.230 e. The molecular formula is C19H20FNO2S. The van der Waals surface area contributed by atoms with Gasteiger partial charge in [0.15, 0.2) is 0 Å². The summed E-state index contributed by atoms with van der Waals surface area (Å²) < 4.78 is 18.8. The normalized spacial score (nSPS) is 20.5. The van der Waals surface area contributed by atoms with Gasteiger partial charge in [-0.15, -0.1) is 11.8 Å². The number of amides is 1. The van der Waals surface area contributed by atoms with Crippen LogP contribution < -0.4 is 5.32 Å². The molecule has 0 saturated carbocycles. The van der Waals surface area contributed by atoms with E-state index in [-0.39, 0.29) is 23.9 Å². The fourth-order valence-corrected chi connectivity index (χ4v) is 3.50. The maximum absolute atomic E-state index is 13.0. The van der Waals surface area contributed by atoms with Gasteiger partial charge in [0, 0.05) is 17.5 Å². The second kappa shape index (κ2) is 8.31. The smallest absolute Gasteiger partial charge is 0.230 e. The molecule has 0 aliphatic carbocycles. The summed E-state index contributed by atoms with van der Waals surface area (Å²) in [5, 5.41) is 3.09. The average molecular weight is 345 g/mol. The standard InChI is InChI=1S/C19H20FNO2S/c20-15-8-6-14(7-9-15)18-12-16(10-11-23-18)21-19(22)13-24-17-4-2-1-3-5-17/h1-9,16,18H,10-13H2,(H,21,22)/t16-,18-/m1/s1. The van der Waals surface area contributed by atoms with Gasteiger partial charge in [0.1, 0.15) is 5.82 Å². The van der Waals surface area contributed by atoms with E-state index < -0.39 is 0 Å². The summed E-state index contributed by atoms with van der Waals surface area (Å²) in [4.78, 5) is 13.2. The van der Waals surface area contributed by atoms with Crippen molar-refractivity contribution in [1.82, 2.24) is 5.32 Å². The Bertz CT molecular complexity index is 663. The number of ether oxygens (including phenoxy) is 1. The van der Waals surface area contributed by atoms with Gasteiger partial charge in [-0.3, -0.25) is 4.79 Å². The summed E-state index contributed by atoms with van der Waals surface area (Å²) >= 11 is 1.53. The van der Waals surface area contributed by atoms with Crippen LogP contribution in [0.5, 0.6) is 0 Å². The van der Waals surface area contributed by atoms with E-state index in [9.17, 15) is 9.18 Å². The predicted octanol–water partition coefficient (Wildman–Crippen LogP) is 3.95. The van der Waals surface area contributed by atoms with Crippen molar-refractivity contribution in [1.29, 1.82) is 0 Å². The van der Waals surface area contributed by atoms with Gasteiger partial charge in [0.05, 0.1) is 11.9 Å². The van der Waals surface area contributed by atoms with Crippen LogP contribution in [0.4, 0.5) is 4.39 Å². The predicted molar refractivity (Wildman–Crippen MR) is 93.4 cm³/mol. The lowest BCUT2D eigenvalue weighted by Crippen LogP contribution is -2.40. The summed E-state index contributed by atoms with van der Waals surface area (Å²) in [6, 6.07) is 16.4. The zero-order valence-corrected chi connectivity index (χ0v) is 14.1. The Labute approximate surface area is 145 Å². The molecule has 0 radical (unpaired) electrons. The Hall–Kier alpha value is -1.85. The van der Waals surface area contributed by atoms with E-state index in [0.717, 1.165) is 16.9 Å². The first-order valence-corrected chi connectivity index (χ1v) is 9.03. The first kappa shape index (κ1) is 17.0. The minimum atomic E-state index is -0.252. The van der Waals surface area contributed by atoms with Crippen molar-refractivity contribution >= 4 is 17.7 Å². The maximum atomic E-state index is 13.0. The largest absolute Gasteiger partial charge is 0.373 e. The SMILES string of the molecule is O=C(CSc1ccccc1)N[C@@H]1CCO[C@@H](c2ccc(F)cc2)C1. The van der Waals surface area contributed by atoms with Crippen molar-refractivity contribution in [2.45, 2.75) is 29.9 Å². The van der Waals surface area contributed by atoms with Gasteiger partial charge in [-0.2, -0.15) is 0 Å². The first-order chi connectivity index (χ1) is 11.7. The summed E-state index contributed by atoms with van der Waals surface area (Å²) in [7, 11) is 0. The fourth-order valence-electron chi connectivity index (χ4n) is 2.77. The second-order valence-corrected chi connectivity index (χ2v) is 6.85. The van der Waals surface area contributed by atoms with Gasteiger partial charge < -0.3 is 10.1 Å². The van der Waals surface area contributed by atoms with Crippen LogP contribution in [-0.2, 0) is 9.53 Å². The lowest BCUT2D eigenvalue weighted by Gasteiger charge is -2.30. The van der Waals surface area contributed by atoms with Crippen LogP contribution in [0.3, 0.4) is 0 Å². The second-order valence-electron chi connectivity index (χ2n) is 5.80. The van der Waals surface area contributed by atoms with Gasteiger partial charge in [0.25, 0.3) is 0 Å². The molecule has 5 heteroatoms. The lowest BCUT2D eigenvalue weighted by molar-refractivity contribution is -0.120. The van der Waals surface area contributed by atoms with Crippen LogP contribution in [0.1, 0.15) is 24.5 Å². The Morgan fingerprint density at radius 3 is 2.67 bits per heavy atom. The summed E-state index contributed by atoms with van der Waals surface area (Å²) in [6.45, 7) is 0.596. The molecule has 1 heterocycles. The van der Waals surface area contributed by atoms with E-state index in [2.05, 4.69) is 5.32 Å². The van der Waals surface area contributed by atoms with Crippen molar-refractivity contribution < 1.29 is 13.9 Å². The quantitative estimate of drug-likeness (QED) is 0.834. The molecule has 1 saturated heterocycles. The number of nitrogens with one attached hydrogen (secondary N) is 1. The fraction of sp³-hybridized carbons (Fsp3) is 0.316. The van der Waals surface area contributed by atoms with Crippen molar-refractivity contribution in [3.05, 3.63) is 66.0 Å². The summed E-state index contributed by atoms with van der Waals surface area (Å²) in [6.07, 6.45) is 1.43. The highest BCUT2D eigenvalue weighted by Gasteiger charge is 2.25. The molecule has 1 fully saturated rings. The number of carbonyl (C=O) groups is 1. The Kier molecular flexibility index (Phi) is 5.88. The Morgan fingerprint density at radius 1 is 1.17 bits per heavy atom. The van der Waals surface area contributed by atoms with Crippen LogP contribution in [0.2, 0.25) is 0 Å². The molecule has 0 aromatic heterocycles. The monoisotopic (exact) mass is 345 g/mol. The van der Waals surface area contributed by atoms with Gasteiger partial charge in [-0.25, -0.2) is 4.39 Å². The topological polar surface area (TPSA) is 38.3 Å². The number of benzene rings is 2. The molecule has 0 unspecified atom stereocenters. The van der Waals surface area contributed by atoms with Crippen LogP contribution in [0.25, 0.3) is 0 Å². The molecule has 1 N–H and O–H groups in total. The van der Waals surface area contributed by atoms with Gasteiger partial charge >= 0.3 is 0 Å². The van der Waals surface area contributed by atoms with Crippen LogP contribution in [0, 0.1) is 5.82 Å². The zero-order chi connectivity index (χ0) is 16.8. The third-order valence-corrected chi connectivity index (χ3v) is 5.02. The van der Waals surface area contributed by atoms with Crippen LogP contribution in [-0.4, -0.2) is 24.3 Å². The average Bonchev–Trinajstić information content (AvgIpc) is 2.62. The summed E-state index contributed by atoms with van der Waals surface area (Å²) in [5.41, 5.74) is 0.953. The zero-order valence-electron chi connectivity index (χ0n) is 13.3. The van der Waals surface area contributed by atoms with E-state index in [0.29, 0.717) is 18.8 Å². The molecule has 1 aliphatic heterocycles. The Balaban J connectivity index is 1.49. The van der Waals surface area contributed by atoms with E-state index in [1.807, 2.05) is 30.3 Å². The van der Waals surface area contributed by atoms with Gasteiger partial charge in [0.2, 0.25) is 5.91 Å². The van der Waals surface area contributed by atoms with Crippen molar-refractivity contribution in [3.63, 3.8) is 0 Å². The molecule has 24 heavy (non-hydrogen) atoms. The van der Waals surface area contributed by atoms with E-state index in [1.54, 1.807) is 12.1 Å². The molecule has 0 spiro atoms. The molecule has 126 valence electrons. The van der Waals surface area contributed by atoms with Gasteiger partial charge in [-0.1, -0.05) is 30.3 Å². The number of halogens is 1. The molecule has 1 amide bonds. The molecule has 0 bridgehead atoms. The Morgan fingerprint density at radius 2 is 1.92 bits per heavy atom. The van der Waals surface area contributed by atoms with E-state index >= 15 is 0 Å². The first-order valence-electron chi connectivity index (χ1n) is 8.05. The number of hydrogen-bond donors (Lipinski definition) is 1. The molecule has 2 atom stereocenters. The third-order valence-electron chi connectivity index (χ3n) is 4.00. The van der Waals surface area contributed by atoms with E-state index in [1.165, 1.54) is 23.9 Å². The minimum Gasteiger partial charge on any atom is -0.373 e. The number of thioether (sulfide) groups is 1. The highest BCUT2D eigenvalue weighted by molar-refractivity contribution is 8.00. The highest BCUT2D eigenvalue weighted by Crippen LogP contribution is 2.28. The van der Waals surface area contributed by atoms with Crippen molar-refractivity contribution in [2.75, 3.05) is 12.4 Å². The molecular weight excluding hydrogens is 325 g/mol. The van der Waals surface area contributed by atoms with E-state index in [4.69, 9.17) is 4.74 Å². The van der Waals surface area contributed by atoms with Crippen molar-refractivity contribution in [2.24, 2.45) is 0 Å². The number of rotatable bonds is 5. The molecule has 3 rings (SSSR count). The van der Waals surface area contributed by atoms with Crippen molar-refractivity contribution in [3.8, 4) is 0 Å². The lowest BCUT2D eigenvalue weighted by atomic mass is 9.97. The minimum absolute atomic E-state index is 0.0357. The van der Waals surface area contributed by atoms with Gasteiger partial charge in [-0.05, 0) is 42.7 Å². The number of carbonyl (C=O) groups excluding carboxylic acids is 1. The number of hydrogen-bond acceptors (Lipinski definition) is 3. The highest BCUT2D eigenvalue weighted by atomic mass is 32.2. The molecule has 2 aromatic rings. The molecule has 1 aliphatic rings. The molecule has 3 nitrogen and oxygen atoms in total. The molecule has 2 aromatic carbocycles. The van der Waals surface area contributed by atoms with Crippen LogP contribution in [0.15, 0.2) is 59.5 Å².